The van der Waals surface area contributed by atoms with Crippen LogP contribution in [-0.2, 0) is 0 Å². The van der Waals surface area contributed by atoms with E-state index in [-0.39, 0.29) is 5.82 Å². The highest BCUT2D eigenvalue weighted by Crippen LogP contribution is 2.23. The van der Waals surface area contributed by atoms with Crippen molar-refractivity contribution in [1.82, 2.24) is 9.97 Å². The summed E-state index contributed by atoms with van der Waals surface area (Å²) in [6.45, 7) is 4.58. The molecule has 2 N–H and O–H groups in total. The van der Waals surface area contributed by atoms with Crippen molar-refractivity contribution in [3.8, 4) is 0 Å². The van der Waals surface area contributed by atoms with Crippen LogP contribution in [-0.4, -0.2) is 16.5 Å². The highest BCUT2D eigenvalue weighted by atomic mass is 79.9. The van der Waals surface area contributed by atoms with Gasteiger partial charge in [-0.1, -0.05) is 15.9 Å². The van der Waals surface area contributed by atoms with Crippen molar-refractivity contribution in [2.45, 2.75) is 13.8 Å². The van der Waals surface area contributed by atoms with Gasteiger partial charge in [-0.3, -0.25) is 0 Å². The molecule has 0 saturated heterocycles. The summed E-state index contributed by atoms with van der Waals surface area (Å²) in [4.78, 5) is 7.95. The number of aromatic nitrogens is 2. The summed E-state index contributed by atoms with van der Waals surface area (Å²) in [5, 5.41) is 5.90. The topological polar surface area (TPSA) is 49.8 Å². The summed E-state index contributed by atoms with van der Waals surface area (Å²) in [6, 6.07) is 5.76. The van der Waals surface area contributed by atoms with E-state index in [1.54, 1.807) is 0 Å². The fourth-order valence-corrected chi connectivity index (χ4v) is 2.25. The van der Waals surface area contributed by atoms with Gasteiger partial charge in [-0.2, -0.15) is 4.98 Å². The van der Waals surface area contributed by atoms with Crippen LogP contribution >= 0.6 is 15.9 Å². The van der Waals surface area contributed by atoms with Gasteiger partial charge in [-0.25, -0.2) is 9.37 Å². The molecule has 2 rings (SSSR count). The van der Waals surface area contributed by atoms with Crippen molar-refractivity contribution in [1.29, 1.82) is 0 Å². The smallest absolute Gasteiger partial charge is 0.224 e. The summed E-state index contributed by atoms with van der Waals surface area (Å²) in [5.41, 5.74) is 1.84. The largest absolute Gasteiger partial charge is 0.354 e. The molecule has 0 fully saturated rings. The molecule has 0 aliphatic carbocycles. The number of aryl methyl sites for hydroxylation is 1. The number of rotatable bonds is 4. The van der Waals surface area contributed by atoms with Gasteiger partial charge in [0.2, 0.25) is 5.95 Å². The minimum atomic E-state index is -0.487. The molecule has 1 heterocycles. The molecule has 19 heavy (non-hydrogen) atoms. The predicted octanol–water partition coefficient (Wildman–Crippen LogP) is 3.86. The second kappa shape index (κ2) is 5.97. The lowest BCUT2D eigenvalue weighted by molar-refractivity contribution is 0.619. The van der Waals surface area contributed by atoms with Crippen molar-refractivity contribution < 1.29 is 4.39 Å². The van der Waals surface area contributed by atoms with E-state index in [0.717, 1.165) is 21.9 Å². The number of benzene rings is 1. The van der Waals surface area contributed by atoms with E-state index in [0.29, 0.717) is 12.5 Å². The van der Waals surface area contributed by atoms with Crippen LogP contribution in [0, 0.1) is 12.7 Å². The van der Waals surface area contributed by atoms with E-state index < -0.39 is 5.82 Å². The highest BCUT2D eigenvalue weighted by molar-refractivity contribution is 9.10. The Labute approximate surface area is 119 Å². The van der Waals surface area contributed by atoms with Crippen LogP contribution in [0.1, 0.15) is 12.5 Å². The molecule has 0 atom stereocenters. The lowest BCUT2D eigenvalue weighted by Crippen LogP contribution is -2.05. The van der Waals surface area contributed by atoms with E-state index in [1.807, 2.05) is 32.0 Å². The third-order valence-electron chi connectivity index (χ3n) is 2.38. The van der Waals surface area contributed by atoms with Gasteiger partial charge in [-0.05, 0) is 37.6 Å². The fourth-order valence-electron chi connectivity index (χ4n) is 1.64. The van der Waals surface area contributed by atoms with Crippen molar-refractivity contribution in [3.05, 3.63) is 40.2 Å². The maximum atomic E-state index is 13.7. The molecular formula is C13H14BrFN4. The van der Waals surface area contributed by atoms with E-state index in [2.05, 4.69) is 36.5 Å². The number of nitrogens with one attached hydrogen (secondary N) is 2. The zero-order chi connectivity index (χ0) is 13.8. The molecule has 100 valence electrons. The van der Waals surface area contributed by atoms with Crippen molar-refractivity contribution in [2.24, 2.45) is 0 Å². The van der Waals surface area contributed by atoms with Gasteiger partial charge < -0.3 is 10.6 Å². The lowest BCUT2D eigenvalue weighted by Gasteiger charge is -2.09. The van der Waals surface area contributed by atoms with Crippen LogP contribution < -0.4 is 10.6 Å². The van der Waals surface area contributed by atoms with Crippen LogP contribution in [0.2, 0.25) is 0 Å². The number of hydrogen-bond acceptors (Lipinski definition) is 4. The monoisotopic (exact) mass is 324 g/mol. The molecular weight excluding hydrogens is 311 g/mol. The second-order valence-electron chi connectivity index (χ2n) is 4.06. The third kappa shape index (κ3) is 3.64. The normalized spacial score (nSPS) is 10.3. The molecule has 0 amide bonds. The molecule has 0 spiro atoms. The van der Waals surface area contributed by atoms with E-state index in [1.165, 1.54) is 0 Å². The van der Waals surface area contributed by atoms with Gasteiger partial charge in [0.1, 0.15) is 0 Å². The molecule has 0 aliphatic rings. The third-order valence-corrected chi connectivity index (χ3v) is 2.84. The van der Waals surface area contributed by atoms with E-state index in [4.69, 9.17) is 0 Å². The standard InChI is InChI=1S/C13H14BrFN4/c1-3-16-13-17-7-11(15)12(19-13)18-10-5-8(2)4-9(14)6-10/h4-7H,3H2,1-2H3,(H2,16,17,18,19). The first-order valence-corrected chi connectivity index (χ1v) is 6.68. The summed E-state index contributed by atoms with van der Waals surface area (Å²) in [5.74, 6) is 0.0702. The Bertz CT molecular complexity index is 569. The average Bonchev–Trinajstić information content (AvgIpc) is 2.32. The van der Waals surface area contributed by atoms with Crippen LogP contribution in [0.15, 0.2) is 28.9 Å². The van der Waals surface area contributed by atoms with Crippen molar-refractivity contribution in [2.75, 3.05) is 17.2 Å². The number of halogens is 2. The summed E-state index contributed by atoms with van der Waals surface area (Å²) < 4.78 is 14.6. The van der Waals surface area contributed by atoms with Gasteiger partial charge >= 0.3 is 0 Å². The Hall–Kier alpha value is -1.69. The average molecular weight is 325 g/mol. The Morgan fingerprint density at radius 1 is 1.32 bits per heavy atom. The number of anilines is 3. The maximum Gasteiger partial charge on any atom is 0.224 e. The summed E-state index contributed by atoms with van der Waals surface area (Å²) >= 11 is 3.41. The Morgan fingerprint density at radius 3 is 2.79 bits per heavy atom. The summed E-state index contributed by atoms with van der Waals surface area (Å²) in [7, 11) is 0. The molecule has 0 saturated carbocycles. The Morgan fingerprint density at radius 2 is 2.11 bits per heavy atom. The molecule has 6 heteroatoms. The maximum absolute atomic E-state index is 13.7. The molecule has 0 unspecified atom stereocenters. The van der Waals surface area contributed by atoms with Gasteiger partial charge in [0, 0.05) is 16.7 Å². The second-order valence-corrected chi connectivity index (χ2v) is 4.98. The zero-order valence-electron chi connectivity index (χ0n) is 10.7. The SMILES string of the molecule is CCNc1ncc(F)c(Nc2cc(C)cc(Br)c2)n1. The van der Waals surface area contributed by atoms with Crippen molar-refractivity contribution >= 4 is 33.4 Å². The molecule has 2 aromatic rings. The van der Waals surface area contributed by atoms with Crippen LogP contribution in [0.3, 0.4) is 0 Å². The van der Waals surface area contributed by atoms with Gasteiger partial charge in [0.25, 0.3) is 0 Å². The van der Waals surface area contributed by atoms with Crippen LogP contribution in [0.5, 0.6) is 0 Å². The van der Waals surface area contributed by atoms with Gasteiger partial charge in [0.05, 0.1) is 6.20 Å². The zero-order valence-corrected chi connectivity index (χ0v) is 12.3. The minimum Gasteiger partial charge on any atom is -0.354 e. The fraction of sp³-hybridized carbons (Fsp3) is 0.231. The first-order valence-electron chi connectivity index (χ1n) is 5.89. The number of nitrogens with zero attached hydrogens (tertiary/aromatic N) is 2. The molecule has 1 aromatic carbocycles. The molecule has 0 bridgehead atoms. The Balaban J connectivity index is 2.28. The quantitative estimate of drug-likeness (QED) is 0.896. The van der Waals surface area contributed by atoms with Crippen LogP contribution in [0.25, 0.3) is 0 Å². The van der Waals surface area contributed by atoms with E-state index in [9.17, 15) is 4.39 Å². The Kier molecular flexibility index (Phi) is 4.31. The first-order chi connectivity index (χ1) is 9.08. The van der Waals surface area contributed by atoms with E-state index >= 15 is 0 Å². The van der Waals surface area contributed by atoms with Gasteiger partial charge in [-0.15, -0.1) is 0 Å². The van der Waals surface area contributed by atoms with Gasteiger partial charge in [0.15, 0.2) is 11.6 Å². The minimum absolute atomic E-state index is 0.156. The lowest BCUT2D eigenvalue weighted by atomic mass is 10.2. The molecule has 4 nitrogen and oxygen atoms in total. The predicted molar refractivity (Wildman–Crippen MR) is 78.3 cm³/mol. The molecule has 1 aromatic heterocycles. The molecule has 0 radical (unpaired) electrons. The highest BCUT2D eigenvalue weighted by Gasteiger charge is 2.07. The van der Waals surface area contributed by atoms with Crippen LogP contribution in [0.4, 0.5) is 21.8 Å². The first kappa shape index (κ1) is 13.7. The summed E-state index contributed by atoms with van der Waals surface area (Å²) in [6.07, 6.45) is 1.15. The van der Waals surface area contributed by atoms with Crippen molar-refractivity contribution in [3.63, 3.8) is 0 Å². The number of hydrogen-bond donors (Lipinski definition) is 2. The molecule has 0 aliphatic heterocycles.